The number of rotatable bonds is 4. The van der Waals surface area contributed by atoms with Crippen LogP contribution in [0.25, 0.3) is 5.69 Å². The zero-order valence-electron chi connectivity index (χ0n) is 11.8. The van der Waals surface area contributed by atoms with Crippen LogP contribution in [-0.4, -0.2) is 20.2 Å². The molecule has 7 heteroatoms. The Bertz CT molecular complexity index is 802. The van der Waals surface area contributed by atoms with Gasteiger partial charge in [-0.1, -0.05) is 41.8 Å². The summed E-state index contributed by atoms with van der Waals surface area (Å²) in [6, 6.07) is 12.0. The summed E-state index contributed by atoms with van der Waals surface area (Å²) in [7, 11) is 0. The molecular formula is C15H13ClFN5. The number of benzene rings is 2. The summed E-state index contributed by atoms with van der Waals surface area (Å²) in [4.78, 5) is 0. The normalized spacial score (nSPS) is 10.7. The zero-order valence-corrected chi connectivity index (χ0v) is 12.5. The van der Waals surface area contributed by atoms with E-state index in [4.69, 9.17) is 11.6 Å². The van der Waals surface area contributed by atoms with Crippen molar-refractivity contribution in [1.29, 1.82) is 0 Å². The highest BCUT2D eigenvalue weighted by Crippen LogP contribution is 2.26. The molecule has 3 aromatic rings. The van der Waals surface area contributed by atoms with E-state index >= 15 is 0 Å². The third-order valence-electron chi connectivity index (χ3n) is 3.24. The van der Waals surface area contributed by atoms with Gasteiger partial charge in [0.05, 0.1) is 10.7 Å². The van der Waals surface area contributed by atoms with E-state index < -0.39 is 5.82 Å². The molecular weight excluding hydrogens is 305 g/mol. The third-order valence-corrected chi connectivity index (χ3v) is 3.55. The topological polar surface area (TPSA) is 55.6 Å². The first-order valence-corrected chi connectivity index (χ1v) is 7.15. The Morgan fingerprint density at radius 2 is 2.05 bits per heavy atom. The van der Waals surface area contributed by atoms with Gasteiger partial charge in [0, 0.05) is 0 Å². The van der Waals surface area contributed by atoms with Gasteiger partial charge in [0.2, 0.25) is 0 Å². The fourth-order valence-corrected chi connectivity index (χ4v) is 2.30. The fraction of sp³-hybridized carbons (Fsp3) is 0.133. The predicted molar refractivity (Wildman–Crippen MR) is 83.2 cm³/mol. The predicted octanol–water partition coefficient (Wildman–Crippen LogP) is 3.76. The molecule has 0 amide bonds. The zero-order chi connectivity index (χ0) is 15.5. The molecule has 22 heavy (non-hydrogen) atoms. The first-order chi connectivity index (χ1) is 10.7. The lowest BCUT2D eigenvalue weighted by Gasteiger charge is -2.10. The smallest absolute Gasteiger partial charge is 0.252 e. The van der Waals surface area contributed by atoms with Crippen LogP contribution in [0.2, 0.25) is 5.02 Å². The second kappa shape index (κ2) is 6.11. The largest absolute Gasteiger partial charge is 0.321 e. The van der Waals surface area contributed by atoms with E-state index in [-0.39, 0.29) is 11.6 Å². The van der Waals surface area contributed by atoms with Crippen molar-refractivity contribution in [3.63, 3.8) is 0 Å². The molecule has 0 unspecified atom stereocenters. The van der Waals surface area contributed by atoms with Crippen molar-refractivity contribution in [2.75, 3.05) is 5.32 Å². The Morgan fingerprint density at radius 3 is 2.77 bits per heavy atom. The Balaban J connectivity index is 1.95. The van der Waals surface area contributed by atoms with E-state index in [0.717, 1.165) is 12.0 Å². The number of nitrogens with one attached hydrogen (secondary N) is 1. The first kappa shape index (κ1) is 14.5. The Hall–Kier alpha value is -2.47. The molecule has 0 bridgehead atoms. The molecule has 0 atom stereocenters. The number of aromatic nitrogens is 4. The van der Waals surface area contributed by atoms with E-state index in [0.29, 0.717) is 10.7 Å². The van der Waals surface area contributed by atoms with E-state index in [1.165, 1.54) is 10.7 Å². The molecule has 1 N–H and O–H groups in total. The van der Waals surface area contributed by atoms with Crippen LogP contribution in [0.1, 0.15) is 12.5 Å². The van der Waals surface area contributed by atoms with Crippen molar-refractivity contribution >= 4 is 23.2 Å². The van der Waals surface area contributed by atoms with Crippen LogP contribution < -0.4 is 5.32 Å². The van der Waals surface area contributed by atoms with Crippen molar-refractivity contribution in [1.82, 2.24) is 20.2 Å². The molecule has 1 heterocycles. The standard InChI is InChI=1S/C15H13ClFN5/c1-2-10-7-8-13(11(16)9-10)18-15-19-20-21-22(15)14-6-4-3-5-12(14)17/h3-9H,2H2,1H3,(H,18,19,21). The minimum Gasteiger partial charge on any atom is -0.321 e. The lowest BCUT2D eigenvalue weighted by molar-refractivity contribution is 0.608. The summed E-state index contributed by atoms with van der Waals surface area (Å²) in [6.45, 7) is 2.05. The maximum Gasteiger partial charge on any atom is 0.252 e. The van der Waals surface area contributed by atoms with E-state index in [9.17, 15) is 4.39 Å². The lowest BCUT2D eigenvalue weighted by Crippen LogP contribution is -2.05. The van der Waals surface area contributed by atoms with Gasteiger partial charge in [-0.05, 0) is 46.7 Å². The van der Waals surface area contributed by atoms with Gasteiger partial charge in [0.15, 0.2) is 0 Å². The number of anilines is 2. The second-order valence-electron chi connectivity index (χ2n) is 4.66. The van der Waals surface area contributed by atoms with Gasteiger partial charge in [-0.3, -0.25) is 0 Å². The molecule has 0 aliphatic rings. The second-order valence-corrected chi connectivity index (χ2v) is 5.07. The van der Waals surface area contributed by atoms with Crippen molar-refractivity contribution < 1.29 is 4.39 Å². The van der Waals surface area contributed by atoms with Crippen LogP contribution in [0.5, 0.6) is 0 Å². The maximum atomic E-state index is 13.9. The monoisotopic (exact) mass is 317 g/mol. The fourth-order valence-electron chi connectivity index (χ4n) is 2.05. The number of hydrogen-bond acceptors (Lipinski definition) is 4. The van der Waals surface area contributed by atoms with Crippen molar-refractivity contribution in [3.05, 3.63) is 58.9 Å². The molecule has 0 radical (unpaired) electrons. The summed E-state index contributed by atoms with van der Waals surface area (Å²) in [6.07, 6.45) is 0.896. The molecule has 0 aliphatic carbocycles. The average Bonchev–Trinajstić information content (AvgIpc) is 2.98. The Labute approximate surface area is 131 Å². The Kier molecular flexibility index (Phi) is 4.02. The van der Waals surface area contributed by atoms with Gasteiger partial charge in [-0.25, -0.2) is 4.39 Å². The van der Waals surface area contributed by atoms with Gasteiger partial charge in [-0.2, -0.15) is 4.68 Å². The summed E-state index contributed by atoms with van der Waals surface area (Å²) < 4.78 is 15.2. The number of aryl methyl sites for hydroxylation is 1. The first-order valence-electron chi connectivity index (χ1n) is 6.77. The van der Waals surface area contributed by atoms with Crippen LogP contribution in [0.3, 0.4) is 0 Å². The van der Waals surface area contributed by atoms with Gasteiger partial charge >= 0.3 is 0 Å². The van der Waals surface area contributed by atoms with Gasteiger partial charge < -0.3 is 5.32 Å². The molecule has 112 valence electrons. The average molecular weight is 318 g/mol. The van der Waals surface area contributed by atoms with E-state index in [1.807, 2.05) is 18.2 Å². The van der Waals surface area contributed by atoms with E-state index in [2.05, 4.69) is 27.8 Å². The van der Waals surface area contributed by atoms with E-state index in [1.54, 1.807) is 18.2 Å². The van der Waals surface area contributed by atoms with Crippen LogP contribution >= 0.6 is 11.6 Å². The van der Waals surface area contributed by atoms with Crippen LogP contribution in [0.15, 0.2) is 42.5 Å². The van der Waals surface area contributed by atoms with Gasteiger partial charge in [-0.15, -0.1) is 0 Å². The maximum absolute atomic E-state index is 13.9. The number of tetrazole rings is 1. The highest BCUT2D eigenvalue weighted by atomic mass is 35.5. The summed E-state index contributed by atoms with van der Waals surface area (Å²) >= 11 is 6.24. The molecule has 2 aromatic carbocycles. The Morgan fingerprint density at radius 1 is 1.23 bits per heavy atom. The SMILES string of the molecule is CCc1ccc(Nc2nnnn2-c2ccccc2F)c(Cl)c1. The molecule has 0 aliphatic heterocycles. The van der Waals surface area contributed by atoms with Crippen LogP contribution in [-0.2, 0) is 6.42 Å². The van der Waals surface area contributed by atoms with Crippen LogP contribution in [0.4, 0.5) is 16.0 Å². The molecule has 0 saturated heterocycles. The molecule has 5 nitrogen and oxygen atoms in total. The molecule has 3 rings (SSSR count). The summed E-state index contributed by atoms with van der Waals surface area (Å²) in [5.41, 5.74) is 2.05. The number of hydrogen-bond donors (Lipinski definition) is 1. The minimum absolute atomic E-state index is 0.260. The van der Waals surface area contributed by atoms with Gasteiger partial charge in [0.25, 0.3) is 5.95 Å². The van der Waals surface area contributed by atoms with Gasteiger partial charge in [0.1, 0.15) is 11.5 Å². The number of halogens is 2. The van der Waals surface area contributed by atoms with Crippen molar-refractivity contribution in [2.24, 2.45) is 0 Å². The molecule has 0 fully saturated rings. The lowest BCUT2D eigenvalue weighted by atomic mass is 10.1. The highest BCUT2D eigenvalue weighted by molar-refractivity contribution is 6.33. The third kappa shape index (κ3) is 2.78. The molecule has 0 spiro atoms. The number of para-hydroxylation sites is 1. The quantitative estimate of drug-likeness (QED) is 0.796. The highest BCUT2D eigenvalue weighted by Gasteiger charge is 2.13. The minimum atomic E-state index is -0.412. The molecule has 0 saturated carbocycles. The molecule has 1 aromatic heterocycles. The summed E-state index contributed by atoms with van der Waals surface area (Å²) in [5, 5.41) is 14.9. The van der Waals surface area contributed by atoms with Crippen molar-refractivity contribution in [3.8, 4) is 5.69 Å². The number of nitrogens with zero attached hydrogens (tertiary/aromatic N) is 4. The summed E-state index contributed by atoms with van der Waals surface area (Å²) in [5.74, 6) is -0.124. The van der Waals surface area contributed by atoms with Crippen LogP contribution in [0, 0.1) is 5.82 Å². The van der Waals surface area contributed by atoms with Crippen molar-refractivity contribution in [2.45, 2.75) is 13.3 Å².